The molecule has 7 nitrogen and oxygen atoms in total. The summed E-state index contributed by atoms with van der Waals surface area (Å²) in [5.74, 6) is 0.0546. The number of phenols is 1. The van der Waals surface area contributed by atoms with E-state index >= 15 is 0 Å². The number of nitrogens with zero attached hydrogens (tertiary/aromatic N) is 4. The van der Waals surface area contributed by atoms with Crippen LogP contribution in [-0.2, 0) is 4.79 Å². The molecule has 5 rings (SSSR count). The fraction of sp³-hybridized carbons (Fsp3) is 0.310. The molecule has 1 aromatic heterocycles. The van der Waals surface area contributed by atoms with Gasteiger partial charge in [-0.2, -0.15) is 0 Å². The summed E-state index contributed by atoms with van der Waals surface area (Å²) in [4.78, 5) is 21.3. The normalized spacial score (nSPS) is 19.8. The number of pyridine rings is 1. The van der Waals surface area contributed by atoms with E-state index in [1.807, 2.05) is 27.1 Å². The molecule has 2 aliphatic rings. The molecule has 2 N–H and O–H groups in total. The summed E-state index contributed by atoms with van der Waals surface area (Å²) < 4.78 is 14.9. The molecule has 1 saturated carbocycles. The van der Waals surface area contributed by atoms with Crippen molar-refractivity contribution in [3.63, 3.8) is 0 Å². The lowest BCUT2D eigenvalue weighted by Gasteiger charge is -2.23. The van der Waals surface area contributed by atoms with Gasteiger partial charge in [0.25, 0.3) is 0 Å². The van der Waals surface area contributed by atoms with Gasteiger partial charge in [0, 0.05) is 62.3 Å². The fourth-order valence-electron chi connectivity index (χ4n) is 5.20. The van der Waals surface area contributed by atoms with Crippen molar-refractivity contribution in [2.45, 2.75) is 25.4 Å². The number of carbonyl (C=O) groups excluding carboxylic acids is 1. The van der Waals surface area contributed by atoms with E-state index in [0.717, 1.165) is 12.8 Å². The number of aliphatic hydroxyl groups is 1. The van der Waals surface area contributed by atoms with Crippen molar-refractivity contribution >= 4 is 29.5 Å². The van der Waals surface area contributed by atoms with Crippen molar-refractivity contribution < 1.29 is 19.4 Å². The molecule has 2 aromatic carbocycles. The molecule has 0 radical (unpaired) electrons. The number of anilines is 2. The molecule has 1 amide bonds. The second-order valence-electron chi connectivity index (χ2n) is 10.6. The van der Waals surface area contributed by atoms with Gasteiger partial charge in [-0.25, -0.2) is 9.37 Å². The van der Waals surface area contributed by atoms with Crippen LogP contribution in [0.25, 0.3) is 22.3 Å². The Morgan fingerprint density at radius 3 is 2.32 bits per heavy atom. The molecule has 3 aromatic rings. The molecule has 38 heavy (non-hydrogen) atoms. The second-order valence-corrected chi connectivity index (χ2v) is 11.0. The Morgan fingerprint density at radius 1 is 1.05 bits per heavy atom. The maximum absolute atomic E-state index is 14.9. The maximum Gasteiger partial charge on any atom is 0.218 e. The molecule has 1 saturated heterocycles. The predicted molar refractivity (Wildman–Crippen MR) is 148 cm³/mol. The van der Waals surface area contributed by atoms with E-state index in [1.165, 1.54) is 17.0 Å². The van der Waals surface area contributed by atoms with E-state index in [-0.39, 0.29) is 21.8 Å². The van der Waals surface area contributed by atoms with Crippen molar-refractivity contribution in [1.29, 1.82) is 0 Å². The first-order valence-corrected chi connectivity index (χ1v) is 12.8. The van der Waals surface area contributed by atoms with Crippen molar-refractivity contribution in [2.24, 2.45) is 5.41 Å². The molecule has 0 bridgehead atoms. The van der Waals surface area contributed by atoms with Gasteiger partial charge in [-0.3, -0.25) is 9.69 Å². The number of aromatic hydroxyl groups is 1. The van der Waals surface area contributed by atoms with Gasteiger partial charge in [0.1, 0.15) is 17.4 Å². The van der Waals surface area contributed by atoms with Crippen LogP contribution in [0.2, 0.25) is 5.02 Å². The Labute approximate surface area is 226 Å². The van der Waals surface area contributed by atoms with Gasteiger partial charge in [0.15, 0.2) is 0 Å². The molecule has 2 fully saturated rings. The Morgan fingerprint density at radius 2 is 1.74 bits per heavy atom. The average Bonchev–Trinajstić information content (AvgIpc) is 3.62. The number of β-amino-alcohol motifs (C(OH)–C–C–N with tert-alkyl or cyclic N) is 1. The molecule has 198 valence electrons. The molecule has 1 aliphatic carbocycles. The van der Waals surface area contributed by atoms with Gasteiger partial charge in [-0.05, 0) is 67.3 Å². The van der Waals surface area contributed by atoms with E-state index in [2.05, 4.69) is 9.88 Å². The van der Waals surface area contributed by atoms with Crippen LogP contribution in [0.3, 0.4) is 0 Å². The van der Waals surface area contributed by atoms with Crippen molar-refractivity contribution in [3.8, 4) is 28.0 Å². The molecule has 1 unspecified atom stereocenters. The summed E-state index contributed by atoms with van der Waals surface area (Å²) in [6.07, 6.45) is 7.54. The number of amides is 1. The Balaban J connectivity index is 1.48. The zero-order chi connectivity index (χ0) is 27.2. The summed E-state index contributed by atoms with van der Waals surface area (Å²) in [5.41, 5.74) is 1.27. The first kappa shape index (κ1) is 26.0. The third kappa shape index (κ3) is 4.70. The Bertz CT molecular complexity index is 1410. The van der Waals surface area contributed by atoms with Crippen LogP contribution in [0.15, 0.2) is 61.1 Å². The minimum Gasteiger partial charge on any atom is -0.507 e. The summed E-state index contributed by atoms with van der Waals surface area (Å²) in [7, 11) is 3.66. The molecule has 1 spiro atoms. The first-order valence-electron chi connectivity index (χ1n) is 12.4. The lowest BCUT2D eigenvalue weighted by atomic mass is 9.90. The zero-order valence-electron chi connectivity index (χ0n) is 21.5. The van der Waals surface area contributed by atoms with Crippen LogP contribution in [-0.4, -0.2) is 59.3 Å². The number of phenolic OH excluding ortho intramolecular Hbond substituents is 1. The number of benzene rings is 2. The topological polar surface area (TPSA) is 80.1 Å². The summed E-state index contributed by atoms with van der Waals surface area (Å²) in [5, 5.41) is 22.4. The summed E-state index contributed by atoms with van der Waals surface area (Å²) in [6, 6.07) is 11.0. The minimum atomic E-state index is -0.786. The van der Waals surface area contributed by atoms with E-state index in [1.54, 1.807) is 47.8 Å². The average molecular weight is 537 g/mol. The number of hydrogen-bond acceptors (Lipinski definition) is 6. The summed E-state index contributed by atoms with van der Waals surface area (Å²) in [6.45, 7) is 3.05. The van der Waals surface area contributed by atoms with Gasteiger partial charge in [0.2, 0.25) is 6.41 Å². The quantitative estimate of drug-likeness (QED) is 0.401. The Kier molecular flexibility index (Phi) is 6.57. The third-order valence-electron chi connectivity index (χ3n) is 7.62. The lowest BCUT2D eigenvalue weighted by molar-refractivity contribution is -0.107. The highest BCUT2D eigenvalue weighted by Gasteiger charge is 2.61. The van der Waals surface area contributed by atoms with Crippen molar-refractivity contribution in [2.75, 3.05) is 37.0 Å². The molecule has 2 heterocycles. The number of carbonyl (C=O) groups is 1. The van der Waals surface area contributed by atoms with Gasteiger partial charge >= 0.3 is 0 Å². The highest BCUT2D eigenvalue weighted by atomic mass is 35.5. The van der Waals surface area contributed by atoms with E-state index in [4.69, 9.17) is 11.6 Å². The largest absolute Gasteiger partial charge is 0.507 e. The minimum absolute atomic E-state index is 0.0913. The van der Waals surface area contributed by atoms with Gasteiger partial charge < -0.3 is 20.0 Å². The predicted octanol–water partition coefficient (Wildman–Crippen LogP) is 5.26. The highest BCUT2D eigenvalue weighted by Crippen LogP contribution is 2.58. The van der Waals surface area contributed by atoms with Gasteiger partial charge in [-0.1, -0.05) is 17.7 Å². The SMILES string of the molecule is CN(C)/C=C\N(C=O)c1ccc(-c2cc(F)cc(-c3ccnc(N4CC(C)(O)C5(CC5)C4)c3)c2O)cc1Cl. The van der Waals surface area contributed by atoms with E-state index in [0.29, 0.717) is 47.7 Å². The fourth-order valence-corrected chi connectivity index (χ4v) is 5.48. The molecule has 9 heteroatoms. The van der Waals surface area contributed by atoms with Crippen LogP contribution in [0, 0.1) is 11.2 Å². The lowest BCUT2D eigenvalue weighted by Crippen LogP contribution is -2.35. The zero-order valence-corrected chi connectivity index (χ0v) is 22.3. The van der Waals surface area contributed by atoms with Crippen LogP contribution in [0.4, 0.5) is 15.9 Å². The van der Waals surface area contributed by atoms with Crippen LogP contribution in [0.1, 0.15) is 19.8 Å². The van der Waals surface area contributed by atoms with Crippen molar-refractivity contribution in [1.82, 2.24) is 9.88 Å². The standard InChI is InChI=1S/C29H30ClFN4O3/c1-28(38)16-35(17-29(28)7-8-29)26-13-20(6-9-32-26)23-15-21(31)14-22(27(23)37)19-4-5-25(24(30)12-19)34(18-36)11-10-33(2)3/h4-6,9-15,18,37-38H,7-8,16-17H2,1-3H3/b11-10-. The van der Waals surface area contributed by atoms with Gasteiger partial charge in [0.05, 0.1) is 16.3 Å². The highest BCUT2D eigenvalue weighted by molar-refractivity contribution is 6.34. The number of hydrogen-bond donors (Lipinski definition) is 2. The van der Waals surface area contributed by atoms with Crippen LogP contribution < -0.4 is 9.80 Å². The van der Waals surface area contributed by atoms with Gasteiger partial charge in [-0.15, -0.1) is 0 Å². The number of rotatable bonds is 7. The summed E-state index contributed by atoms with van der Waals surface area (Å²) >= 11 is 6.50. The maximum atomic E-state index is 14.9. The molecular weight excluding hydrogens is 507 g/mol. The molecule has 1 atom stereocenters. The van der Waals surface area contributed by atoms with Crippen LogP contribution >= 0.6 is 11.6 Å². The Hall–Kier alpha value is -3.62. The third-order valence-corrected chi connectivity index (χ3v) is 7.92. The smallest absolute Gasteiger partial charge is 0.218 e. The molecular formula is C29H30ClFN4O3. The van der Waals surface area contributed by atoms with Crippen molar-refractivity contribution in [3.05, 3.63) is 71.9 Å². The van der Waals surface area contributed by atoms with E-state index < -0.39 is 11.4 Å². The first-order chi connectivity index (χ1) is 18.0. The van der Waals surface area contributed by atoms with E-state index in [9.17, 15) is 19.4 Å². The van der Waals surface area contributed by atoms with Crippen LogP contribution in [0.5, 0.6) is 5.75 Å². The molecule has 1 aliphatic heterocycles. The second kappa shape index (κ2) is 9.60. The monoisotopic (exact) mass is 536 g/mol. The number of aromatic nitrogens is 1. The number of halogens is 2.